The average molecular weight is 518 g/mol. The molecule has 12 nitrogen and oxygen atoms in total. The van der Waals surface area contributed by atoms with E-state index in [1.54, 1.807) is 24.3 Å². The van der Waals surface area contributed by atoms with Gasteiger partial charge in [0.2, 0.25) is 0 Å². The highest BCUT2D eigenvalue weighted by molar-refractivity contribution is 8.01. The number of rotatable bonds is 7. The number of hydrogen-bond acceptors (Lipinski definition) is 12. The van der Waals surface area contributed by atoms with E-state index in [0.29, 0.717) is 0 Å². The molecule has 14 heteroatoms. The van der Waals surface area contributed by atoms with Crippen LogP contribution in [0.1, 0.15) is 17.7 Å². The number of oxime groups is 1. The molecule has 3 aliphatic rings. The molecule has 2 aromatic rings. The third kappa shape index (κ3) is 3.78. The Morgan fingerprint density at radius 3 is 2.80 bits per heavy atom. The molecule has 4 heterocycles. The highest BCUT2D eigenvalue weighted by atomic mass is 32.2. The zero-order valence-corrected chi connectivity index (χ0v) is 19.8. The number of nitrogen functional groups attached to an aromatic ring is 1. The van der Waals surface area contributed by atoms with Crippen molar-refractivity contribution in [2.45, 2.75) is 35.4 Å². The van der Waals surface area contributed by atoms with Gasteiger partial charge >= 0.3 is 11.9 Å². The Kier molecular flexibility index (Phi) is 5.84. The number of aromatic nitrogens is 1. The van der Waals surface area contributed by atoms with Gasteiger partial charge in [-0.25, -0.2) is 9.78 Å². The normalized spacial score (nSPS) is 26.9. The van der Waals surface area contributed by atoms with Crippen molar-refractivity contribution >= 4 is 57.7 Å². The maximum Gasteiger partial charge on any atom is 0.374 e. The first-order valence-electron chi connectivity index (χ1n) is 10.4. The van der Waals surface area contributed by atoms with Crippen LogP contribution in [0.15, 0.2) is 40.9 Å². The standard InChI is InChI=1S/C21H19N5O7S2/c1-31-25-14(11-9-34-20(22)23-11)16(28)24-15-17(29)26-18(15)35-12-7-13(27)33-21(12,26)19(30)32-8-10-5-3-2-4-6-10/h2-6,9,12,15,18H,7-8H2,1H3,(H2,22,23)(H,24,28)/b25-14-/t12-,15-,18-,21-/m1/s1. The van der Waals surface area contributed by atoms with Crippen molar-refractivity contribution in [3.05, 3.63) is 47.0 Å². The van der Waals surface area contributed by atoms with Gasteiger partial charge in [-0.1, -0.05) is 35.5 Å². The maximum absolute atomic E-state index is 13.2. The molecule has 2 amide bonds. The first-order valence-corrected chi connectivity index (χ1v) is 12.2. The summed E-state index contributed by atoms with van der Waals surface area (Å²) in [6.45, 7) is -0.0448. The number of ether oxygens (including phenoxy) is 2. The number of thiazole rings is 1. The average Bonchev–Trinajstić information content (AvgIpc) is 3.49. The number of fused-ring (bicyclic) bond motifs is 3. The van der Waals surface area contributed by atoms with Gasteiger partial charge in [-0.2, -0.15) is 0 Å². The Morgan fingerprint density at radius 2 is 2.11 bits per heavy atom. The van der Waals surface area contributed by atoms with E-state index in [1.807, 2.05) is 6.07 Å². The second-order valence-electron chi connectivity index (χ2n) is 7.80. The fourth-order valence-electron chi connectivity index (χ4n) is 4.17. The van der Waals surface area contributed by atoms with Gasteiger partial charge in [0.05, 0.1) is 11.7 Å². The van der Waals surface area contributed by atoms with Crippen molar-refractivity contribution in [3.63, 3.8) is 0 Å². The molecule has 0 unspecified atom stereocenters. The van der Waals surface area contributed by atoms with Crippen LogP contribution in [0.3, 0.4) is 0 Å². The summed E-state index contributed by atoms with van der Waals surface area (Å²) >= 11 is 2.32. The van der Waals surface area contributed by atoms with Crippen molar-refractivity contribution in [1.29, 1.82) is 0 Å². The van der Waals surface area contributed by atoms with Crippen LogP contribution in [-0.2, 0) is 40.1 Å². The number of amides is 2. The number of anilines is 1. The first-order chi connectivity index (χ1) is 16.8. The Labute approximate surface area is 206 Å². The van der Waals surface area contributed by atoms with Crippen molar-refractivity contribution in [3.8, 4) is 0 Å². The molecule has 0 bridgehead atoms. The predicted octanol–water partition coefficient (Wildman–Crippen LogP) is 0.231. The number of nitrogens with one attached hydrogen (secondary N) is 1. The molecule has 182 valence electrons. The zero-order valence-electron chi connectivity index (χ0n) is 18.2. The molecule has 1 aromatic heterocycles. The van der Waals surface area contributed by atoms with Crippen LogP contribution in [-0.4, -0.2) is 68.8 Å². The highest BCUT2D eigenvalue weighted by Crippen LogP contribution is 2.55. The fourth-order valence-corrected chi connectivity index (χ4v) is 6.46. The zero-order chi connectivity index (χ0) is 24.7. The highest BCUT2D eigenvalue weighted by Gasteiger charge is 2.75. The second kappa shape index (κ2) is 8.85. The summed E-state index contributed by atoms with van der Waals surface area (Å²) in [5.74, 6) is -2.72. The van der Waals surface area contributed by atoms with Gasteiger partial charge in [-0.05, 0) is 5.56 Å². The van der Waals surface area contributed by atoms with Crippen LogP contribution in [0.4, 0.5) is 5.13 Å². The van der Waals surface area contributed by atoms with E-state index in [4.69, 9.17) is 20.0 Å². The number of β-lactam (4-membered cyclic amide) rings is 1. The quantitative estimate of drug-likeness (QED) is 0.225. The number of carbonyl (C=O) groups is 4. The van der Waals surface area contributed by atoms with Gasteiger partial charge in [-0.15, -0.1) is 23.1 Å². The van der Waals surface area contributed by atoms with Crippen molar-refractivity contribution in [2.24, 2.45) is 5.16 Å². The van der Waals surface area contributed by atoms with Crippen molar-refractivity contribution in [2.75, 3.05) is 12.8 Å². The fraction of sp³-hybridized carbons (Fsp3) is 0.333. The molecule has 0 spiro atoms. The Hall–Kier alpha value is -3.65. The molecule has 4 atom stereocenters. The lowest BCUT2D eigenvalue weighted by molar-refractivity contribution is -0.208. The van der Waals surface area contributed by atoms with Gasteiger partial charge in [0.15, 0.2) is 10.8 Å². The Bertz CT molecular complexity index is 1240. The number of esters is 2. The summed E-state index contributed by atoms with van der Waals surface area (Å²) in [6, 6.07) is 8.02. The topological polar surface area (TPSA) is 163 Å². The number of thioether (sulfide) groups is 1. The third-order valence-electron chi connectivity index (χ3n) is 5.72. The minimum absolute atomic E-state index is 0.0448. The molecule has 3 fully saturated rings. The lowest BCUT2D eigenvalue weighted by Crippen LogP contribution is -2.75. The van der Waals surface area contributed by atoms with Crippen LogP contribution in [0.25, 0.3) is 0 Å². The largest absolute Gasteiger partial charge is 0.456 e. The number of hydrogen-bond donors (Lipinski definition) is 2. The minimum Gasteiger partial charge on any atom is -0.456 e. The van der Waals surface area contributed by atoms with Crippen molar-refractivity contribution < 1.29 is 33.5 Å². The van der Waals surface area contributed by atoms with Gasteiger partial charge in [0, 0.05) is 5.38 Å². The van der Waals surface area contributed by atoms with E-state index in [-0.39, 0.29) is 29.6 Å². The molecular formula is C21H19N5O7S2. The molecule has 0 saturated carbocycles. The predicted molar refractivity (Wildman–Crippen MR) is 124 cm³/mol. The Balaban J connectivity index is 1.33. The van der Waals surface area contributed by atoms with E-state index in [1.165, 1.54) is 29.2 Å². The maximum atomic E-state index is 13.2. The molecule has 0 radical (unpaired) electrons. The summed E-state index contributed by atoms with van der Waals surface area (Å²) in [6.07, 6.45) is -0.0689. The number of carbonyl (C=O) groups excluding carboxylic acids is 4. The lowest BCUT2D eigenvalue weighted by atomic mass is 9.98. The van der Waals surface area contributed by atoms with Crippen molar-refractivity contribution in [1.82, 2.24) is 15.2 Å². The molecule has 1 aromatic carbocycles. The summed E-state index contributed by atoms with van der Waals surface area (Å²) in [5, 5.41) is 6.79. The van der Waals surface area contributed by atoms with Crippen LogP contribution in [0.5, 0.6) is 0 Å². The summed E-state index contributed by atoms with van der Waals surface area (Å²) in [4.78, 5) is 61.3. The monoisotopic (exact) mass is 517 g/mol. The SMILES string of the molecule is CO/N=C(\C(=O)N[C@@H]1C(=O)N2[C@@H]1S[C@@H]1CC(=O)O[C@@]12C(=O)OCc1ccccc1)c1csc(N)n1. The van der Waals surface area contributed by atoms with Gasteiger partial charge in [-0.3, -0.25) is 19.3 Å². The summed E-state index contributed by atoms with van der Waals surface area (Å²) in [7, 11) is 1.27. The molecular weight excluding hydrogens is 498 g/mol. The third-order valence-corrected chi connectivity index (χ3v) is 7.97. The summed E-state index contributed by atoms with van der Waals surface area (Å²) in [5.41, 5.74) is 4.56. The van der Waals surface area contributed by atoms with Gasteiger partial charge < -0.3 is 25.4 Å². The minimum atomic E-state index is -1.87. The molecule has 3 aliphatic heterocycles. The van der Waals surface area contributed by atoms with E-state index in [9.17, 15) is 19.2 Å². The smallest absolute Gasteiger partial charge is 0.374 e. The number of nitrogens with zero attached hydrogens (tertiary/aromatic N) is 3. The van der Waals surface area contributed by atoms with Gasteiger partial charge in [0.1, 0.15) is 30.8 Å². The molecule has 35 heavy (non-hydrogen) atoms. The Morgan fingerprint density at radius 1 is 1.34 bits per heavy atom. The lowest BCUT2D eigenvalue weighted by Gasteiger charge is -2.46. The van der Waals surface area contributed by atoms with E-state index in [0.717, 1.165) is 16.9 Å². The summed E-state index contributed by atoms with van der Waals surface area (Å²) < 4.78 is 10.9. The van der Waals surface area contributed by atoms with Crippen LogP contribution in [0.2, 0.25) is 0 Å². The molecule has 5 rings (SSSR count). The molecule has 3 saturated heterocycles. The number of benzene rings is 1. The second-order valence-corrected chi connectivity index (χ2v) is 10.0. The van der Waals surface area contributed by atoms with Crippen LogP contribution < -0.4 is 11.1 Å². The van der Waals surface area contributed by atoms with Crippen LogP contribution in [0, 0.1) is 0 Å². The molecule has 3 N–H and O–H groups in total. The van der Waals surface area contributed by atoms with E-state index < -0.39 is 46.1 Å². The van der Waals surface area contributed by atoms with E-state index >= 15 is 0 Å². The first kappa shape index (κ1) is 23.1. The van der Waals surface area contributed by atoms with E-state index in [2.05, 4.69) is 15.5 Å². The van der Waals surface area contributed by atoms with Gasteiger partial charge in [0.25, 0.3) is 17.5 Å². The number of nitrogens with two attached hydrogens (primary N) is 1. The van der Waals surface area contributed by atoms with Crippen LogP contribution >= 0.6 is 23.1 Å². The molecule has 0 aliphatic carbocycles.